The van der Waals surface area contributed by atoms with E-state index in [1.807, 2.05) is 0 Å². The molecule has 0 heterocycles. The third-order valence-electron chi connectivity index (χ3n) is 1.26. The minimum absolute atomic E-state index is 1.35. The van der Waals surface area contributed by atoms with Crippen LogP contribution in [0, 0.1) is 12.3 Å². The number of ether oxygens (including phenoxy) is 1. The van der Waals surface area contributed by atoms with Crippen molar-refractivity contribution in [2.75, 3.05) is 0 Å². The highest BCUT2D eigenvalue weighted by molar-refractivity contribution is 5.85. The van der Waals surface area contributed by atoms with Crippen LogP contribution in [0.2, 0.25) is 0 Å². The predicted molar refractivity (Wildman–Crippen MR) is 41.9 cm³/mol. The Hall–Kier alpha value is -1.75. The Balaban J connectivity index is 4.66. The average molecular weight is 224 g/mol. The third-order valence-corrected chi connectivity index (χ3v) is 1.26. The lowest BCUT2D eigenvalue weighted by Crippen LogP contribution is -2.48. The van der Waals surface area contributed by atoms with Crippen LogP contribution in [0.1, 0.15) is 0 Å². The minimum Gasteiger partial charge on any atom is -0.443 e. The van der Waals surface area contributed by atoms with Crippen molar-refractivity contribution in [3.63, 3.8) is 0 Å². The normalized spacial score (nSPS) is 14.9. The van der Waals surface area contributed by atoms with E-state index in [-0.39, 0.29) is 0 Å². The smallest absolute Gasteiger partial charge is 0.443 e. The molecule has 0 aliphatic carbocycles. The van der Waals surface area contributed by atoms with E-state index < -0.39 is 30.2 Å². The van der Waals surface area contributed by atoms with Crippen LogP contribution in [-0.2, 0) is 14.3 Å². The number of hydrogen-bond donors (Lipinski definition) is 2. The maximum Gasteiger partial charge on any atom is 0.490 e. The first-order valence-corrected chi connectivity index (χ1v) is 3.49. The molecule has 0 rings (SSSR count). The molecule has 0 saturated heterocycles. The van der Waals surface area contributed by atoms with Gasteiger partial charge in [-0.25, -0.2) is 4.79 Å². The van der Waals surface area contributed by atoms with Gasteiger partial charge in [-0.1, -0.05) is 5.92 Å². The molecule has 0 aromatic carbocycles. The van der Waals surface area contributed by atoms with Crippen LogP contribution in [0.3, 0.4) is 0 Å². The Kier molecular flexibility index (Phi) is 4.11. The molecule has 0 bridgehead atoms. The summed E-state index contributed by atoms with van der Waals surface area (Å²) in [5.74, 6) is -2.19. The highest BCUT2D eigenvalue weighted by Gasteiger charge is 2.44. The van der Waals surface area contributed by atoms with Crippen molar-refractivity contribution in [3.8, 4) is 12.3 Å². The number of nitrogens with two attached hydrogens (primary N) is 2. The maximum absolute atomic E-state index is 11.7. The van der Waals surface area contributed by atoms with Gasteiger partial charge in [0.05, 0.1) is 0 Å². The lowest BCUT2D eigenvalue weighted by atomic mass is 10.2. The van der Waals surface area contributed by atoms with Crippen molar-refractivity contribution >= 4 is 11.9 Å². The van der Waals surface area contributed by atoms with E-state index in [0.29, 0.717) is 0 Å². The van der Waals surface area contributed by atoms with Crippen molar-refractivity contribution in [2.45, 2.75) is 18.3 Å². The van der Waals surface area contributed by atoms with Crippen molar-refractivity contribution in [2.24, 2.45) is 11.5 Å². The molecule has 0 aliphatic rings. The summed E-state index contributed by atoms with van der Waals surface area (Å²) in [6.07, 6.45) is -2.49. The molecule has 1 unspecified atom stereocenters. The number of alkyl halides is 3. The Morgan fingerprint density at radius 2 is 1.87 bits per heavy atom. The Labute approximate surface area is 82.5 Å². The van der Waals surface area contributed by atoms with Gasteiger partial charge in [0.1, 0.15) is 6.04 Å². The summed E-state index contributed by atoms with van der Waals surface area (Å²) in [5, 5.41) is 0. The van der Waals surface area contributed by atoms with Gasteiger partial charge in [-0.3, -0.25) is 4.79 Å². The van der Waals surface area contributed by atoms with E-state index in [9.17, 15) is 22.8 Å². The van der Waals surface area contributed by atoms with E-state index in [1.165, 1.54) is 0 Å². The van der Waals surface area contributed by atoms with Gasteiger partial charge in [-0.15, -0.1) is 6.42 Å². The second-order valence-corrected chi connectivity index (χ2v) is 2.42. The molecular weight excluding hydrogens is 217 g/mol. The zero-order valence-corrected chi connectivity index (χ0v) is 7.25. The number of carbonyl (C=O) groups is 2. The number of carbonyl (C=O) groups excluding carboxylic acids is 2. The van der Waals surface area contributed by atoms with Crippen molar-refractivity contribution in [3.05, 3.63) is 0 Å². The molecule has 0 aromatic heterocycles. The summed E-state index contributed by atoms with van der Waals surface area (Å²) in [4.78, 5) is 20.9. The molecule has 4 N–H and O–H groups in total. The molecule has 8 heteroatoms. The first-order chi connectivity index (χ1) is 6.70. The van der Waals surface area contributed by atoms with Crippen LogP contribution < -0.4 is 11.5 Å². The van der Waals surface area contributed by atoms with Crippen LogP contribution in [0.25, 0.3) is 0 Å². The zero-order chi connectivity index (χ0) is 12.2. The van der Waals surface area contributed by atoms with E-state index >= 15 is 0 Å². The van der Waals surface area contributed by atoms with E-state index in [2.05, 4.69) is 10.5 Å². The standard InChI is InChI=1S/C7H7F3N2O3/c1-2-3(11)4(5(12)13)15-6(14)7(8,9)10/h1,3-4H,11H2,(H2,12,13)/t3-,4?/m0/s1. The quantitative estimate of drug-likeness (QED) is 0.470. The van der Waals surface area contributed by atoms with E-state index in [0.717, 1.165) is 0 Å². The molecule has 0 aliphatic heterocycles. The Morgan fingerprint density at radius 3 is 2.13 bits per heavy atom. The summed E-state index contributed by atoms with van der Waals surface area (Å²) in [6, 6.07) is -1.52. The second kappa shape index (κ2) is 4.65. The molecule has 1 amide bonds. The maximum atomic E-state index is 11.7. The van der Waals surface area contributed by atoms with Gasteiger partial charge in [0.25, 0.3) is 5.91 Å². The fraction of sp³-hybridized carbons (Fsp3) is 0.429. The van der Waals surface area contributed by atoms with Crippen LogP contribution in [0.5, 0.6) is 0 Å². The van der Waals surface area contributed by atoms with Gasteiger partial charge < -0.3 is 16.2 Å². The highest BCUT2D eigenvalue weighted by Crippen LogP contribution is 2.17. The van der Waals surface area contributed by atoms with Gasteiger partial charge >= 0.3 is 12.1 Å². The first-order valence-electron chi connectivity index (χ1n) is 3.49. The average Bonchev–Trinajstić information content (AvgIpc) is 2.10. The topological polar surface area (TPSA) is 95.4 Å². The summed E-state index contributed by atoms with van der Waals surface area (Å²) in [6.45, 7) is 0. The van der Waals surface area contributed by atoms with E-state index in [1.54, 1.807) is 5.92 Å². The molecule has 0 spiro atoms. The summed E-state index contributed by atoms with van der Waals surface area (Å²) < 4.78 is 38.9. The number of amides is 1. The molecule has 15 heavy (non-hydrogen) atoms. The number of esters is 1. The monoisotopic (exact) mass is 224 g/mol. The van der Waals surface area contributed by atoms with Gasteiger partial charge in [0.2, 0.25) is 6.10 Å². The van der Waals surface area contributed by atoms with Gasteiger partial charge in [0.15, 0.2) is 0 Å². The summed E-state index contributed by atoms with van der Waals surface area (Å²) in [5.41, 5.74) is 9.67. The second-order valence-electron chi connectivity index (χ2n) is 2.42. The number of terminal acetylenes is 1. The molecule has 2 atom stereocenters. The SMILES string of the molecule is C#C[C@H](N)C(OC(=O)C(F)(F)F)C(N)=O. The fourth-order valence-electron chi connectivity index (χ4n) is 0.578. The molecular formula is C7H7F3N2O3. The third kappa shape index (κ3) is 3.86. The molecule has 0 aromatic rings. The van der Waals surface area contributed by atoms with Crippen LogP contribution in [-0.4, -0.2) is 30.2 Å². The van der Waals surface area contributed by atoms with Crippen LogP contribution >= 0.6 is 0 Å². The summed E-state index contributed by atoms with van der Waals surface area (Å²) >= 11 is 0. The zero-order valence-electron chi connectivity index (χ0n) is 7.25. The van der Waals surface area contributed by atoms with Crippen molar-refractivity contribution < 1.29 is 27.5 Å². The lowest BCUT2D eigenvalue weighted by Gasteiger charge is -2.17. The molecule has 5 nitrogen and oxygen atoms in total. The van der Waals surface area contributed by atoms with E-state index in [4.69, 9.17) is 12.2 Å². The molecule has 0 radical (unpaired) electrons. The van der Waals surface area contributed by atoms with Gasteiger partial charge in [-0.2, -0.15) is 13.2 Å². The number of rotatable bonds is 3. The van der Waals surface area contributed by atoms with Gasteiger partial charge in [-0.05, 0) is 0 Å². The Bertz CT molecular complexity index is 308. The fourth-order valence-corrected chi connectivity index (χ4v) is 0.578. The van der Waals surface area contributed by atoms with Gasteiger partial charge in [0, 0.05) is 0 Å². The first kappa shape index (κ1) is 13.2. The minimum atomic E-state index is -5.23. The molecule has 0 saturated carbocycles. The number of hydrogen-bond acceptors (Lipinski definition) is 4. The van der Waals surface area contributed by atoms with Crippen molar-refractivity contribution in [1.82, 2.24) is 0 Å². The highest BCUT2D eigenvalue weighted by atomic mass is 19.4. The molecule has 0 fully saturated rings. The largest absolute Gasteiger partial charge is 0.490 e. The van der Waals surface area contributed by atoms with Crippen LogP contribution in [0.4, 0.5) is 13.2 Å². The van der Waals surface area contributed by atoms with Crippen LogP contribution in [0.15, 0.2) is 0 Å². The Morgan fingerprint density at radius 1 is 1.40 bits per heavy atom. The van der Waals surface area contributed by atoms with Crippen molar-refractivity contribution in [1.29, 1.82) is 0 Å². The molecule has 84 valence electrons. The summed E-state index contributed by atoms with van der Waals surface area (Å²) in [7, 11) is 0. The predicted octanol–water partition coefficient (Wildman–Crippen LogP) is -1.09. The number of primary amides is 1. The lowest BCUT2D eigenvalue weighted by molar-refractivity contribution is -0.205. The number of halogens is 3.